The molecule has 2 heterocycles. The van der Waals surface area contributed by atoms with Gasteiger partial charge in [-0.05, 0) is 25.2 Å². The Labute approximate surface area is 111 Å². The zero-order valence-corrected chi connectivity index (χ0v) is 10.7. The van der Waals surface area contributed by atoms with Gasteiger partial charge in [-0.3, -0.25) is 4.98 Å². The molecule has 1 saturated heterocycles. The number of anilines is 2. The van der Waals surface area contributed by atoms with Crippen LogP contribution in [0.5, 0.6) is 0 Å². The Hall–Kier alpha value is -2.05. The average molecular weight is 265 g/mol. The van der Waals surface area contributed by atoms with E-state index in [-0.39, 0.29) is 0 Å². The first kappa shape index (κ1) is 13.4. The quantitative estimate of drug-likeness (QED) is 0.748. The second-order valence-electron chi connectivity index (χ2n) is 4.75. The highest BCUT2D eigenvalue weighted by atomic mass is 16.4. The molecule has 1 aromatic rings. The molecule has 0 aromatic carbocycles. The van der Waals surface area contributed by atoms with Crippen LogP contribution in [0.2, 0.25) is 0 Å². The topological polar surface area (TPSA) is 104 Å². The number of carbonyl (C=O) groups is 1. The van der Waals surface area contributed by atoms with Crippen LogP contribution in [0, 0.1) is 5.92 Å². The zero-order valence-electron chi connectivity index (χ0n) is 10.7. The van der Waals surface area contributed by atoms with Gasteiger partial charge < -0.3 is 21.1 Å². The number of hydrogen-bond acceptors (Lipinski definition) is 5. The van der Waals surface area contributed by atoms with Crippen molar-refractivity contribution in [3.63, 3.8) is 0 Å². The van der Waals surface area contributed by atoms with Crippen LogP contribution in [0.4, 0.5) is 16.4 Å². The molecule has 0 saturated carbocycles. The van der Waals surface area contributed by atoms with Gasteiger partial charge in [-0.15, -0.1) is 0 Å². The predicted octanol–water partition coefficient (Wildman–Crippen LogP) is 0.933. The van der Waals surface area contributed by atoms with E-state index in [1.54, 1.807) is 6.20 Å². The standard InChI is InChI=1S/C12H19N5O2/c13-10-7-14-8-11(16-10)17-5-2-9(3-6-17)1-4-15-12(18)19/h7-9,15H,1-6H2,(H2,13,16)(H,18,19). The number of amides is 1. The Bertz CT molecular complexity index is 432. The van der Waals surface area contributed by atoms with Crippen LogP contribution in [0.1, 0.15) is 19.3 Å². The summed E-state index contributed by atoms with van der Waals surface area (Å²) in [5.74, 6) is 1.82. The molecule has 1 amide bonds. The van der Waals surface area contributed by atoms with E-state index in [4.69, 9.17) is 10.8 Å². The van der Waals surface area contributed by atoms with Crippen molar-refractivity contribution in [2.75, 3.05) is 30.3 Å². The molecule has 1 aromatic heterocycles. The molecule has 104 valence electrons. The van der Waals surface area contributed by atoms with Crippen molar-refractivity contribution >= 4 is 17.7 Å². The molecule has 7 nitrogen and oxygen atoms in total. The number of carboxylic acid groups (broad SMARTS) is 1. The van der Waals surface area contributed by atoms with Crippen LogP contribution in [-0.4, -0.2) is 40.8 Å². The van der Waals surface area contributed by atoms with Crippen LogP contribution < -0.4 is 16.0 Å². The van der Waals surface area contributed by atoms with Gasteiger partial charge in [-0.1, -0.05) is 0 Å². The van der Waals surface area contributed by atoms with E-state index in [0.29, 0.717) is 18.3 Å². The number of nitrogen functional groups attached to an aromatic ring is 1. The molecule has 0 spiro atoms. The predicted molar refractivity (Wildman–Crippen MR) is 72.0 cm³/mol. The fraction of sp³-hybridized carbons (Fsp3) is 0.583. The molecular formula is C12H19N5O2. The van der Waals surface area contributed by atoms with Gasteiger partial charge in [-0.25, -0.2) is 9.78 Å². The zero-order chi connectivity index (χ0) is 13.7. The van der Waals surface area contributed by atoms with Crippen LogP contribution in [-0.2, 0) is 0 Å². The third-order valence-corrected chi connectivity index (χ3v) is 3.41. The third kappa shape index (κ3) is 3.97. The fourth-order valence-corrected chi connectivity index (χ4v) is 2.36. The molecule has 0 aliphatic carbocycles. The van der Waals surface area contributed by atoms with Crippen LogP contribution in [0.15, 0.2) is 12.4 Å². The highest BCUT2D eigenvalue weighted by Gasteiger charge is 2.20. The van der Waals surface area contributed by atoms with E-state index in [1.165, 1.54) is 6.20 Å². The SMILES string of the molecule is Nc1cncc(N2CCC(CCNC(=O)O)CC2)n1. The van der Waals surface area contributed by atoms with Crippen LogP contribution >= 0.6 is 0 Å². The molecule has 1 aliphatic rings. The minimum atomic E-state index is -0.951. The first-order chi connectivity index (χ1) is 9.15. The van der Waals surface area contributed by atoms with E-state index in [0.717, 1.165) is 38.2 Å². The van der Waals surface area contributed by atoms with E-state index in [1.807, 2.05) is 0 Å². The molecular weight excluding hydrogens is 246 g/mol. The number of hydrogen-bond donors (Lipinski definition) is 3. The summed E-state index contributed by atoms with van der Waals surface area (Å²) in [4.78, 5) is 20.8. The maximum Gasteiger partial charge on any atom is 0.404 e. The highest BCUT2D eigenvalue weighted by Crippen LogP contribution is 2.23. The van der Waals surface area contributed by atoms with Crippen molar-refractivity contribution in [1.82, 2.24) is 15.3 Å². The lowest BCUT2D eigenvalue weighted by molar-refractivity contribution is 0.193. The Morgan fingerprint density at radius 3 is 2.84 bits per heavy atom. The molecule has 7 heteroatoms. The molecule has 19 heavy (non-hydrogen) atoms. The molecule has 1 aliphatic heterocycles. The summed E-state index contributed by atoms with van der Waals surface area (Å²) in [6.07, 6.45) is 5.28. The maximum absolute atomic E-state index is 10.4. The molecule has 1 fully saturated rings. The van der Waals surface area contributed by atoms with Crippen molar-refractivity contribution in [2.24, 2.45) is 5.92 Å². The molecule has 2 rings (SSSR count). The number of rotatable bonds is 4. The Kier molecular flexibility index (Phi) is 4.38. The van der Waals surface area contributed by atoms with Gasteiger partial charge in [0.05, 0.1) is 12.4 Å². The molecule has 0 atom stereocenters. The second-order valence-corrected chi connectivity index (χ2v) is 4.75. The summed E-state index contributed by atoms with van der Waals surface area (Å²) in [6, 6.07) is 0. The van der Waals surface area contributed by atoms with Crippen molar-refractivity contribution in [3.8, 4) is 0 Å². The lowest BCUT2D eigenvalue weighted by Crippen LogP contribution is -2.35. The molecule has 4 N–H and O–H groups in total. The van der Waals surface area contributed by atoms with Crippen LogP contribution in [0.3, 0.4) is 0 Å². The molecule has 0 unspecified atom stereocenters. The minimum absolute atomic E-state index is 0.435. The molecule has 0 bridgehead atoms. The van der Waals surface area contributed by atoms with Gasteiger partial charge in [0.15, 0.2) is 0 Å². The lowest BCUT2D eigenvalue weighted by atomic mass is 9.93. The molecule has 0 radical (unpaired) electrons. The van der Waals surface area contributed by atoms with E-state index >= 15 is 0 Å². The number of aromatic nitrogens is 2. The summed E-state index contributed by atoms with van der Waals surface area (Å²) in [7, 11) is 0. The smallest absolute Gasteiger partial charge is 0.404 e. The van der Waals surface area contributed by atoms with Gasteiger partial charge in [0.25, 0.3) is 0 Å². The Morgan fingerprint density at radius 1 is 1.47 bits per heavy atom. The minimum Gasteiger partial charge on any atom is -0.465 e. The Morgan fingerprint density at radius 2 is 2.21 bits per heavy atom. The summed E-state index contributed by atoms with van der Waals surface area (Å²) in [5.41, 5.74) is 5.62. The first-order valence-electron chi connectivity index (χ1n) is 6.44. The van der Waals surface area contributed by atoms with Gasteiger partial charge in [-0.2, -0.15) is 0 Å². The van der Waals surface area contributed by atoms with Crippen molar-refractivity contribution in [2.45, 2.75) is 19.3 Å². The van der Waals surface area contributed by atoms with Gasteiger partial charge in [0.2, 0.25) is 0 Å². The number of nitrogens with one attached hydrogen (secondary N) is 1. The lowest BCUT2D eigenvalue weighted by Gasteiger charge is -2.32. The first-order valence-corrected chi connectivity index (χ1v) is 6.44. The monoisotopic (exact) mass is 265 g/mol. The summed E-state index contributed by atoms with van der Waals surface area (Å²) >= 11 is 0. The number of nitrogens with two attached hydrogens (primary N) is 1. The fourth-order valence-electron chi connectivity index (χ4n) is 2.36. The average Bonchev–Trinajstić information content (AvgIpc) is 2.39. The van der Waals surface area contributed by atoms with Gasteiger partial charge in [0, 0.05) is 19.6 Å². The van der Waals surface area contributed by atoms with Crippen molar-refractivity contribution in [1.29, 1.82) is 0 Å². The summed E-state index contributed by atoms with van der Waals surface area (Å²) in [5, 5.41) is 10.9. The summed E-state index contributed by atoms with van der Waals surface area (Å²) in [6.45, 7) is 2.35. The van der Waals surface area contributed by atoms with Crippen LogP contribution in [0.25, 0.3) is 0 Å². The normalized spacial score (nSPS) is 16.3. The van der Waals surface area contributed by atoms with E-state index in [9.17, 15) is 4.79 Å². The van der Waals surface area contributed by atoms with Crippen molar-refractivity contribution < 1.29 is 9.90 Å². The highest BCUT2D eigenvalue weighted by molar-refractivity contribution is 5.64. The Balaban J connectivity index is 1.77. The largest absolute Gasteiger partial charge is 0.465 e. The number of nitrogens with zero attached hydrogens (tertiary/aromatic N) is 3. The summed E-state index contributed by atoms with van der Waals surface area (Å²) < 4.78 is 0. The maximum atomic E-state index is 10.4. The number of piperidine rings is 1. The van der Waals surface area contributed by atoms with Gasteiger partial charge in [0.1, 0.15) is 11.6 Å². The van der Waals surface area contributed by atoms with Crippen molar-refractivity contribution in [3.05, 3.63) is 12.4 Å². The second kappa shape index (κ2) is 6.21. The van der Waals surface area contributed by atoms with Gasteiger partial charge >= 0.3 is 6.09 Å². The third-order valence-electron chi connectivity index (χ3n) is 3.41. The van der Waals surface area contributed by atoms with E-state index < -0.39 is 6.09 Å². The van der Waals surface area contributed by atoms with E-state index in [2.05, 4.69) is 20.2 Å².